The van der Waals surface area contributed by atoms with E-state index in [4.69, 9.17) is 20.9 Å². The quantitative estimate of drug-likeness (QED) is 0.159. The maximum atomic E-state index is 13.3. The van der Waals surface area contributed by atoms with Crippen molar-refractivity contribution in [2.45, 2.75) is 13.8 Å². The fraction of sp³-hybridized carbons (Fsp3) is 0.0588. The average molecular weight is 529 g/mol. The molecule has 0 bridgehead atoms. The molecule has 0 spiro atoms. The van der Waals surface area contributed by atoms with Gasteiger partial charge in [0.15, 0.2) is 11.6 Å². The molecule has 198 valence electrons. The Kier molecular flexibility index (Phi) is 7.33. The number of nitrogen functional groups attached to an aromatic ring is 2. The Balaban J connectivity index is 1.32. The molecule has 0 heterocycles. The number of anilines is 2. The van der Waals surface area contributed by atoms with Gasteiger partial charge in [-0.15, -0.1) is 0 Å². The van der Waals surface area contributed by atoms with Crippen molar-refractivity contribution in [3.8, 4) is 23.0 Å². The molecule has 0 aliphatic heterocycles. The van der Waals surface area contributed by atoms with Gasteiger partial charge in [-0.05, 0) is 80.6 Å². The van der Waals surface area contributed by atoms with Crippen molar-refractivity contribution in [2.24, 2.45) is 0 Å². The first-order valence-corrected chi connectivity index (χ1v) is 12.7. The number of carbonyl (C=O) groups is 2. The highest BCUT2D eigenvalue weighted by Crippen LogP contribution is 2.31. The molecule has 0 amide bonds. The molecule has 0 aromatic heterocycles. The van der Waals surface area contributed by atoms with Crippen LogP contribution in [-0.2, 0) is 0 Å². The van der Waals surface area contributed by atoms with Crippen LogP contribution in [0.2, 0.25) is 0 Å². The Morgan fingerprint density at radius 2 is 0.875 bits per heavy atom. The number of carbonyl (C=O) groups excluding carboxylic acids is 2. The van der Waals surface area contributed by atoms with Crippen molar-refractivity contribution >= 4 is 22.9 Å². The number of benzene rings is 5. The van der Waals surface area contributed by atoms with Gasteiger partial charge in [0, 0.05) is 22.3 Å². The molecule has 5 aromatic carbocycles. The van der Waals surface area contributed by atoms with Gasteiger partial charge in [-0.1, -0.05) is 53.6 Å². The third kappa shape index (κ3) is 5.87. The van der Waals surface area contributed by atoms with Crippen LogP contribution in [0.25, 0.3) is 0 Å². The Hall–Kier alpha value is -5.36. The molecule has 0 radical (unpaired) electrons. The van der Waals surface area contributed by atoms with Crippen LogP contribution in [-0.4, -0.2) is 11.6 Å². The Labute approximate surface area is 232 Å². The molecule has 6 nitrogen and oxygen atoms in total. The van der Waals surface area contributed by atoms with Crippen molar-refractivity contribution < 1.29 is 19.1 Å². The minimum Gasteiger partial charge on any atom is -0.455 e. The first-order chi connectivity index (χ1) is 19.3. The van der Waals surface area contributed by atoms with Gasteiger partial charge in [0.05, 0.1) is 11.4 Å². The Morgan fingerprint density at radius 3 is 1.25 bits per heavy atom. The third-order valence-electron chi connectivity index (χ3n) is 6.43. The van der Waals surface area contributed by atoms with Gasteiger partial charge >= 0.3 is 0 Å². The van der Waals surface area contributed by atoms with E-state index in [0.29, 0.717) is 56.6 Å². The van der Waals surface area contributed by atoms with E-state index in [2.05, 4.69) is 0 Å². The number of hydrogen-bond donors (Lipinski definition) is 2. The van der Waals surface area contributed by atoms with E-state index in [-0.39, 0.29) is 11.6 Å². The highest BCUT2D eigenvalue weighted by molar-refractivity contribution is 6.13. The molecular formula is C34H28N2O4. The molecule has 0 unspecified atom stereocenters. The normalized spacial score (nSPS) is 10.7. The van der Waals surface area contributed by atoms with Crippen LogP contribution in [0.1, 0.15) is 43.0 Å². The van der Waals surface area contributed by atoms with Crippen LogP contribution in [0.15, 0.2) is 109 Å². The zero-order valence-electron chi connectivity index (χ0n) is 22.2. The SMILES string of the molecule is Cc1ccc(Oc2ccc(C(=O)c3cccc(C(=O)c4ccc(Oc5ccc(C)cc5)c(N)c4)c3)cc2N)cc1. The number of ketones is 2. The predicted octanol–water partition coefficient (Wildman–Crippen LogP) is 7.51. The van der Waals surface area contributed by atoms with Crippen LogP contribution in [0, 0.1) is 13.8 Å². The van der Waals surface area contributed by atoms with Crippen LogP contribution < -0.4 is 20.9 Å². The maximum absolute atomic E-state index is 13.3. The van der Waals surface area contributed by atoms with Crippen molar-refractivity contribution in [3.63, 3.8) is 0 Å². The first-order valence-electron chi connectivity index (χ1n) is 12.7. The highest BCUT2D eigenvalue weighted by Gasteiger charge is 2.16. The molecule has 0 atom stereocenters. The molecule has 0 fully saturated rings. The van der Waals surface area contributed by atoms with Crippen LogP contribution >= 0.6 is 0 Å². The minimum absolute atomic E-state index is 0.260. The molecule has 0 aliphatic rings. The zero-order chi connectivity index (χ0) is 28.2. The van der Waals surface area contributed by atoms with Gasteiger partial charge in [0.1, 0.15) is 23.0 Å². The monoisotopic (exact) mass is 528 g/mol. The van der Waals surface area contributed by atoms with Gasteiger partial charge in [-0.3, -0.25) is 9.59 Å². The van der Waals surface area contributed by atoms with E-state index in [1.165, 1.54) is 0 Å². The molecule has 4 N–H and O–H groups in total. The Bertz CT molecular complexity index is 1580. The molecule has 6 heteroatoms. The standard InChI is InChI=1S/C34H28N2O4/c1-21-6-12-27(13-7-21)39-31-16-10-25(19-29(31)35)33(37)23-4-3-5-24(18-23)34(38)26-11-17-32(30(36)20-26)40-28-14-8-22(2)9-15-28/h3-20H,35-36H2,1-2H3. The van der Waals surface area contributed by atoms with E-state index in [0.717, 1.165) is 11.1 Å². The number of hydrogen-bond acceptors (Lipinski definition) is 6. The summed E-state index contributed by atoms with van der Waals surface area (Å²) in [7, 11) is 0. The Morgan fingerprint density at radius 1 is 0.500 bits per heavy atom. The van der Waals surface area contributed by atoms with Crippen LogP contribution in [0.5, 0.6) is 23.0 Å². The van der Waals surface area contributed by atoms with Gasteiger partial charge < -0.3 is 20.9 Å². The summed E-state index contributed by atoms with van der Waals surface area (Å²) in [6.07, 6.45) is 0. The fourth-order valence-corrected chi connectivity index (χ4v) is 4.17. The molecular weight excluding hydrogens is 500 g/mol. The third-order valence-corrected chi connectivity index (χ3v) is 6.43. The molecule has 0 saturated carbocycles. The number of rotatable bonds is 8. The van der Waals surface area contributed by atoms with Crippen LogP contribution in [0.4, 0.5) is 11.4 Å². The smallest absolute Gasteiger partial charge is 0.193 e. The van der Waals surface area contributed by atoms with Gasteiger partial charge in [-0.2, -0.15) is 0 Å². The van der Waals surface area contributed by atoms with Crippen LogP contribution in [0.3, 0.4) is 0 Å². The molecule has 0 aliphatic carbocycles. The van der Waals surface area contributed by atoms with Crippen molar-refractivity contribution in [1.29, 1.82) is 0 Å². The molecule has 0 saturated heterocycles. The molecule has 5 aromatic rings. The summed E-state index contributed by atoms with van der Waals surface area (Å²) >= 11 is 0. The summed E-state index contributed by atoms with van der Waals surface area (Å²) in [5, 5.41) is 0. The first kappa shape index (κ1) is 26.3. The number of nitrogens with two attached hydrogens (primary N) is 2. The largest absolute Gasteiger partial charge is 0.455 e. The lowest BCUT2D eigenvalue weighted by molar-refractivity contribution is 0.103. The van der Waals surface area contributed by atoms with E-state index in [1.807, 2.05) is 62.4 Å². The highest BCUT2D eigenvalue weighted by atomic mass is 16.5. The second kappa shape index (κ2) is 11.2. The summed E-state index contributed by atoms with van der Waals surface area (Å²) in [4.78, 5) is 26.5. The second-order valence-electron chi connectivity index (χ2n) is 9.57. The van der Waals surface area contributed by atoms with Gasteiger partial charge in [0.2, 0.25) is 0 Å². The lowest BCUT2D eigenvalue weighted by atomic mass is 9.97. The molecule has 40 heavy (non-hydrogen) atoms. The second-order valence-corrected chi connectivity index (χ2v) is 9.57. The molecule has 5 rings (SSSR count). The van der Waals surface area contributed by atoms with Gasteiger partial charge in [0.25, 0.3) is 0 Å². The van der Waals surface area contributed by atoms with Gasteiger partial charge in [-0.25, -0.2) is 0 Å². The van der Waals surface area contributed by atoms with Crippen molar-refractivity contribution in [3.05, 3.63) is 143 Å². The average Bonchev–Trinajstić information content (AvgIpc) is 2.96. The van der Waals surface area contributed by atoms with Crippen molar-refractivity contribution in [1.82, 2.24) is 0 Å². The zero-order valence-corrected chi connectivity index (χ0v) is 22.2. The predicted molar refractivity (Wildman–Crippen MR) is 158 cm³/mol. The topological polar surface area (TPSA) is 105 Å². The lowest BCUT2D eigenvalue weighted by Gasteiger charge is -2.11. The van der Waals surface area contributed by atoms with E-state index >= 15 is 0 Å². The van der Waals surface area contributed by atoms with Crippen molar-refractivity contribution in [2.75, 3.05) is 11.5 Å². The fourth-order valence-electron chi connectivity index (χ4n) is 4.17. The van der Waals surface area contributed by atoms with E-state index in [1.54, 1.807) is 60.7 Å². The number of ether oxygens (including phenoxy) is 2. The summed E-state index contributed by atoms with van der Waals surface area (Å²) in [5.74, 6) is 1.69. The number of aryl methyl sites for hydroxylation is 2. The summed E-state index contributed by atoms with van der Waals surface area (Å²) in [6, 6.07) is 31.6. The minimum atomic E-state index is -0.260. The van der Waals surface area contributed by atoms with E-state index < -0.39 is 0 Å². The van der Waals surface area contributed by atoms with E-state index in [9.17, 15) is 9.59 Å². The lowest BCUT2D eigenvalue weighted by Crippen LogP contribution is -2.07. The maximum Gasteiger partial charge on any atom is 0.193 e. The summed E-state index contributed by atoms with van der Waals surface area (Å²) in [5.41, 5.74) is 16.8. The summed E-state index contributed by atoms with van der Waals surface area (Å²) in [6.45, 7) is 3.99. The summed E-state index contributed by atoms with van der Waals surface area (Å²) < 4.78 is 11.7.